The number of nitrogens with zero attached hydrogens (tertiary/aromatic N) is 1. The molecule has 6 nitrogen and oxygen atoms in total. The minimum absolute atomic E-state index is 0.0431. The van der Waals surface area contributed by atoms with Crippen molar-refractivity contribution in [3.05, 3.63) is 29.8 Å². The quantitative estimate of drug-likeness (QED) is 0.723. The molecule has 0 bridgehead atoms. The minimum atomic E-state index is -3.63. The molecule has 0 aliphatic carbocycles. The lowest BCUT2D eigenvalue weighted by atomic mass is 10.1. The second-order valence-electron chi connectivity index (χ2n) is 6.06. The number of rotatable bonds is 9. The third kappa shape index (κ3) is 6.99. The maximum absolute atomic E-state index is 12.2. The summed E-state index contributed by atoms with van der Waals surface area (Å²) in [7, 11) is -6.98. The first-order valence-corrected chi connectivity index (χ1v) is 10.9. The van der Waals surface area contributed by atoms with Crippen LogP contribution in [0, 0.1) is 12.8 Å². The summed E-state index contributed by atoms with van der Waals surface area (Å²) >= 11 is 0. The van der Waals surface area contributed by atoms with Crippen molar-refractivity contribution in [2.45, 2.75) is 32.1 Å². The van der Waals surface area contributed by atoms with Crippen LogP contribution in [-0.4, -0.2) is 47.0 Å². The van der Waals surface area contributed by atoms with Crippen LogP contribution in [0.2, 0.25) is 0 Å². The van der Waals surface area contributed by atoms with E-state index in [0.717, 1.165) is 18.2 Å². The Morgan fingerprint density at radius 1 is 1.13 bits per heavy atom. The molecule has 132 valence electrons. The molecule has 0 spiro atoms. The molecular weight excluding hydrogens is 336 g/mol. The maximum Gasteiger partial charge on any atom is 0.240 e. The molecular formula is C15H26N2O4S2. The minimum Gasteiger partial charge on any atom is -0.213 e. The molecule has 0 aromatic heterocycles. The smallest absolute Gasteiger partial charge is 0.213 e. The van der Waals surface area contributed by atoms with E-state index in [4.69, 9.17) is 0 Å². The fourth-order valence-electron chi connectivity index (χ4n) is 2.02. The molecule has 0 atom stereocenters. The highest BCUT2D eigenvalue weighted by atomic mass is 32.2. The number of sulfonamides is 2. The van der Waals surface area contributed by atoms with Crippen molar-refractivity contribution >= 4 is 20.0 Å². The van der Waals surface area contributed by atoms with E-state index in [1.807, 2.05) is 26.8 Å². The van der Waals surface area contributed by atoms with Gasteiger partial charge in [-0.15, -0.1) is 0 Å². The number of nitrogens with one attached hydrogen (secondary N) is 1. The van der Waals surface area contributed by atoms with Crippen molar-refractivity contribution in [2.75, 3.05) is 25.9 Å². The SMILES string of the molecule is Cc1cccc(S(=O)(=O)NCCN(CCC(C)C)S(C)(=O)=O)c1. The van der Waals surface area contributed by atoms with E-state index in [1.165, 1.54) is 10.4 Å². The highest BCUT2D eigenvalue weighted by Gasteiger charge is 2.19. The Morgan fingerprint density at radius 2 is 1.78 bits per heavy atom. The zero-order valence-corrected chi connectivity index (χ0v) is 15.7. The highest BCUT2D eigenvalue weighted by molar-refractivity contribution is 7.89. The molecule has 0 fully saturated rings. The Bertz CT molecular complexity index is 713. The van der Waals surface area contributed by atoms with Crippen molar-refractivity contribution in [3.63, 3.8) is 0 Å². The molecule has 1 aromatic carbocycles. The van der Waals surface area contributed by atoms with E-state index in [1.54, 1.807) is 12.1 Å². The highest BCUT2D eigenvalue weighted by Crippen LogP contribution is 2.11. The van der Waals surface area contributed by atoms with Crippen LogP contribution < -0.4 is 4.72 Å². The summed E-state index contributed by atoms with van der Waals surface area (Å²) in [5, 5.41) is 0. The average Bonchev–Trinajstić information content (AvgIpc) is 2.40. The molecule has 8 heteroatoms. The first kappa shape index (κ1) is 20.1. The van der Waals surface area contributed by atoms with E-state index in [-0.39, 0.29) is 18.0 Å². The second kappa shape index (κ2) is 8.23. The molecule has 1 rings (SSSR count). The summed E-state index contributed by atoms with van der Waals surface area (Å²) in [4.78, 5) is 0.186. The summed E-state index contributed by atoms with van der Waals surface area (Å²) < 4.78 is 51.7. The van der Waals surface area contributed by atoms with Crippen molar-refractivity contribution in [2.24, 2.45) is 5.92 Å². The van der Waals surface area contributed by atoms with Crippen LogP contribution in [0.3, 0.4) is 0 Å². The van der Waals surface area contributed by atoms with Crippen molar-refractivity contribution in [1.82, 2.24) is 9.03 Å². The molecule has 1 aromatic rings. The predicted octanol–water partition coefficient (Wildman–Crippen LogP) is 1.58. The van der Waals surface area contributed by atoms with Gasteiger partial charge in [-0.1, -0.05) is 26.0 Å². The van der Waals surface area contributed by atoms with Crippen LogP contribution in [0.1, 0.15) is 25.8 Å². The van der Waals surface area contributed by atoms with Crippen molar-refractivity contribution in [1.29, 1.82) is 0 Å². The summed E-state index contributed by atoms with van der Waals surface area (Å²) in [6.07, 6.45) is 1.88. The number of aryl methyl sites for hydroxylation is 1. The molecule has 0 amide bonds. The lowest BCUT2D eigenvalue weighted by molar-refractivity contribution is 0.385. The maximum atomic E-state index is 12.2. The topological polar surface area (TPSA) is 83.6 Å². The third-order valence-corrected chi connectivity index (χ3v) is 6.14. The van der Waals surface area contributed by atoms with E-state index in [9.17, 15) is 16.8 Å². The zero-order valence-electron chi connectivity index (χ0n) is 14.1. The molecule has 0 saturated carbocycles. The molecule has 1 N–H and O–H groups in total. The van der Waals surface area contributed by atoms with Crippen LogP contribution >= 0.6 is 0 Å². The Kier molecular flexibility index (Phi) is 7.19. The van der Waals surface area contributed by atoms with E-state index in [2.05, 4.69) is 4.72 Å². The molecule has 23 heavy (non-hydrogen) atoms. The van der Waals surface area contributed by atoms with E-state index >= 15 is 0 Å². The fourth-order valence-corrected chi connectivity index (χ4v) is 4.00. The largest absolute Gasteiger partial charge is 0.240 e. The average molecular weight is 363 g/mol. The molecule has 0 saturated heterocycles. The summed E-state index contributed by atoms with van der Waals surface area (Å²) in [6.45, 7) is 6.40. The van der Waals surface area contributed by atoms with Gasteiger partial charge in [0.25, 0.3) is 0 Å². The summed E-state index contributed by atoms with van der Waals surface area (Å²) in [5.41, 5.74) is 0.850. The van der Waals surface area contributed by atoms with Gasteiger partial charge in [-0.3, -0.25) is 0 Å². The summed E-state index contributed by atoms with van der Waals surface area (Å²) in [5.74, 6) is 0.378. The fraction of sp³-hybridized carbons (Fsp3) is 0.600. The number of hydrogen-bond donors (Lipinski definition) is 1. The van der Waals surface area contributed by atoms with Gasteiger partial charge < -0.3 is 0 Å². The van der Waals surface area contributed by atoms with Crippen LogP contribution in [0.5, 0.6) is 0 Å². The van der Waals surface area contributed by atoms with Crippen molar-refractivity contribution in [3.8, 4) is 0 Å². The van der Waals surface area contributed by atoms with Crippen LogP contribution in [-0.2, 0) is 20.0 Å². The third-order valence-electron chi connectivity index (χ3n) is 3.38. The molecule has 0 aliphatic rings. The van der Waals surface area contributed by atoms with Crippen LogP contribution in [0.25, 0.3) is 0 Å². The standard InChI is InChI=1S/C15H26N2O4S2/c1-13(2)8-10-17(22(4,18)19)11-9-16-23(20,21)15-7-5-6-14(3)12-15/h5-7,12-13,16H,8-11H2,1-4H3. The first-order valence-electron chi connectivity index (χ1n) is 7.54. The zero-order chi connectivity index (χ0) is 17.7. The van der Waals surface area contributed by atoms with Gasteiger partial charge in [0.15, 0.2) is 0 Å². The molecule has 0 aliphatic heterocycles. The molecule has 0 radical (unpaired) electrons. The predicted molar refractivity (Wildman–Crippen MR) is 92.2 cm³/mol. The number of hydrogen-bond acceptors (Lipinski definition) is 4. The van der Waals surface area contributed by atoms with Gasteiger partial charge in [0.05, 0.1) is 11.2 Å². The van der Waals surface area contributed by atoms with E-state index < -0.39 is 20.0 Å². The Hall–Kier alpha value is -0.960. The van der Waals surface area contributed by atoms with E-state index in [0.29, 0.717) is 12.5 Å². The lowest BCUT2D eigenvalue weighted by Gasteiger charge is -2.21. The van der Waals surface area contributed by atoms with Gasteiger partial charge in [0, 0.05) is 19.6 Å². The van der Waals surface area contributed by atoms with Gasteiger partial charge in [0.2, 0.25) is 20.0 Å². The first-order chi connectivity index (χ1) is 10.5. The van der Waals surface area contributed by atoms with Crippen LogP contribution in [0.4, 0.5) is 0 Å². The van der Waals surface area contributed by atoms with Gasteiger partial charge in [0.1, 0.15) is 0 Å². The van der Waals surface area contributed by atoms with Gasteiger partial charge in [-0.25, -0.2) is 25.9 Å². The lowest BCUT2D eigenvalue weighted by Crippen LogP contribution is -2.38. The van der Waals surface area contributed by atoms with Gasteiger partial charge in [-0.05, 0) is 37.0 Å². The van der Waals surface area contributed by atoms with Gasteiger partial charge in [-0.2, -0.15) is 0 Å². The molecule has 0 heterocycles. The normalized spacial score (nSPS) is 13.0. The summed E-state index contributed by atoms with van der Waals surface area (Å²) in [6, 6.07) is 6.59. The van der Waals surface area contributed by atoms with Gasteiger partial charge >= 0.3 is 0 Å². The van der Waals surface area contributed by atoms with Crippen LogP contribution in [0.15, 0.2) is 29.2 Å². The number of benzene rings is 1. The second-order valence-corrected chi connectivity index (χ2v) is 9.81. The Labute approximate surface area is 140 Å². The van der Waals surface area contributed by atoms with Crippen molar-refractivity contribution < 1.29 is 16.8 Å². The molecule has 0 unspecified atom stereocenters. The monoisotopic (exact) mass is 362 g/mol. The Balaban J connectivity index is 2.68. The Morgan fingerprint density at radius 3 is 2.30 bits per heavy atom.